The van der Waals surface area contributed by atoms with Crippen molar-refractivity contribution in [3.8, 4) is 5.75 Å². The van der Waals surface area contributed by atoms with Crippen LogP contribution in [0.15, 0.2) is 47.4 Å². The quantitative estimate of drug-likeness (QED) is 0.833. The minimum Gasteiger partial charge on any atom is -0.495 e. The molecule has 0 saturated heterocycles. The standard InChI is InChI=1S/C17H19ClN2O4S/c1-20(2)25(22,23)16-10-12(8-9-15(16)24-3)17(21)19-11-13-6-4-5-7-14(13)18/h4-10H,11H2,1-3H3,(H,19,21). The zero-order chi connectivity index (χ0) is 18.6. The highest BCUT2D eigenvalue weighted by Crippen LogP contribution is 2.27. The van der Waals surface area contributed by atoms with Gasteiger partial charge in [0.2, 0.25) is 10.0 Å². The molecule has 0 aliphatic rings. The molecule has 1 N–H and O–H groups in total. The zero-order valence-electron chi connectivity index (χ0n) is 14.1. The van der Waals surface area contributed by atoms with E-state index >= 15 is 0 Å². The van der Waals surface area contributed by atoms with E-state index in [1.807, 2.05) is 6.07 Å². The van der Waals surface area contributed by atoms with Crippen LogP contribution in [0.25, 0.3) is 0 Å². The summed E-state index contributed by atoms with van der Waals surface area (Å²) in [5.41, 5.74) is 0.987. The number of rotatable bonds is 6. The van der Waals surface area contributed by atoms with Crippen LogP contribution in [0, 0.1) is 0 Å². The molecule has 2 aromatic carbocycles. The van der Waals surface area contributed by atoms with Crippen molar-refractivity contribution in [2.75, 3.05) is 21.2 Å². The van der Waals surface area contributed by atoms with E-state index in [1.165, 1.54) is 39.4 Å². The summed E-state index contributed by atoms with van der Waals surface area (Å²) in [6, 6.07) is 11.4. The number of methoxy groups -OCH3 is 1. The lowest BCUT2D eigenvalue weighted by Crippen LogP contribution is -2.25. The Hall–Kier alpha value is -2.09. The summed E-state index contributed by atoms with van der Waals surface area (Å²) in [4.78, 5) is 12.3. The van der Waals surface area contributed by atoms with Gasteiger partial charge in [0.05, 0.1) is 7.11 Å². The first-order valence-electron chi connectivity index (χ1n) is 7.39. The lowest BCUT2D eigenvalue weighted by molar-refractivity contribution is 0.0950. The van der Waals surface area contributed by atoms with Crippen LogP contribution in [0.2, 0.25) is 5.02 Å². The molecule has 0 aliphatic carbocycles. The molecule has 0 atom stereocenters. The van der Waals surface area contributed by atoms with E-state index in [4.69, 9.17) is 16.3 Å². The highest BCUT2D eigenvalue weighted by atomic mass is 35.5. The SMILES string of the molecule is COc1ccc(C(=O)NCc2ccccc2Cl)cc1S(=O)(=O)N(C)C. The number of nitrogens with zero attached hydrogens (tertiary/aromatic N) is 1. The molecule has 0 unspecified atom stereocenters. The maximum Gasteiger partial charge on any atom is 0.251 e. The van der Waals surface area contributed by atoms with Crippen LogP contribution in [-0.2, 0) is 16.6 Å². The number of hydrogen-bond donors (Lipinski definition) is 1. The second-order valence-electron chi connectivity index (χ2n) is 5.43. The van der Waals surface area contributed by atoms with E-state index in [2.05, 4.69) is 5.32 Å². The van der Waals surface area contributed by atoms with Gasteiger partial charge in [-0.3, -0.25) is 4.79 Å². The van der Waals surface area contributed by atoms with Gasteiger partial charge in [0.1, 0.15) is 10.6 Å². The molecule has 6 nitrogen and oxygen atoms in total. The summed E-state index contributed by atoms with van der Waals surface area (Å²) in [5, 5.41) is 3.28. The number of amides is 1. The molecule has 25 heavy (non-hydrogen) atoms. The second-order valence-corrected chi connectivity index (χ2v) is 7.95. The van der Waals surface area contributed by atoms with Crippen molar-refractivity contribution in [1.29, 1.82) is 0 Å². The molecule has 2 rings (SSSR count). The minimum absolute atomic E-state index is 0.0645. The first kappa shape index (κ1) is 19.2. The predicted molar refractivity (Wildman–Crippen MR) is 96.5 cm³/mol. The van der Waals surface area contributed by atoms with Crippen LogP contribution >= 0.6 is 11.6 Å². The third kappa shape index (κ3) is 4.31. The monoisotopic (exact) mass is 382 g/mol. The summed E-state index contributed by atoms with van der Waals surface area (Å²) < 4.78 is 31.0. The maximum atomic E-state index is 12.4. The van der Waals surface area contributed by atoms with Gasteiger partial charge >= 0.3 is 0 Å². The Morgan fingerprint density at radius 3 is 2.48 bits per heavy atom. The van der Waals surface area contributed by atoms with Crippen molar-refractivity contribution in [1.82, 2.24) is 9.62 Å². The Labute approximate surface area is 152 Å². The van der Waals surface area contributed by atoms with Crippen molar-refractivity contribution in [2.24, 2.45) is 0 Å². The molecule has 2 aromatic rings. The van der Waals surface area contributed by atoms with Crippen LogP contribution in [0.1, 0.15) is 15.9 Å². The van der Waals surface area contributed by atoms with E-state index in [1.54, 1.807) is 18.2 Å². The van der Waals surface area contributed by atoms with Crippen molar-refractivity contribution in [2.45, 2.75) is 11.4 Å². The fourth-order valence-electron chi connectivity index (χ4n) is 2.14. The average Bonchev–Trinajstić information content (AvgIpc) is 2.60. The Bertz CT molecular complexity index is 882. The molecular formula is C17H19ClN2O4S. The first-order valence-corrected chi connectivity index (χ1v) is 9.21. The van der Waals surface area contributed by atoms with Crippen LogP contribution in [-0.4, -0.2) is 39.8 Å². The molecule has 0 saturated carbocycles. The van der Waals surface area contributed by atoms with Crippen molar-refractivity contribution in [3.05, 3.63) is 58.6 Å². The van der Waals surface area contributed by atoms with Crippen LogP contribution in [0.4, 0.5) is 0 Å². The molecule has 0 aromatic heterocycles. The Balaban J connectivity index is 2.28. The molecule has 134 valence electrons. The third-order valence-electron chi connectivity index (χ3n) is 3.58. The topological polar surface area (TPSA) is 75.7 Å². The van der Waals surface area contributed by atoms with Crippen LogP contribution < -0.4 is 10.1 Å². The molecule has 0 fully saturated rings. The van der Waals surface area contributed by atoms with Gasteiger partial charge in [0.15, 0.2) is 0 Å². The fraction of sp³-hybridized carbons (Fsp3) is 0.235. The molecule has 0 aliphatic heterocycles. The van der Waals surface area contributed by atoms with Crippen LogP contribution in [0.5, 0.6) is 5.75 Å². The molecular weight excluding hydrogens is 364 g/mol. The number of hydrogen-bond acceptors (Lipinski definition) is 4. The van der Waals surface area contributed by atoms with Crippen molar-refractivity contribution < 1.29 is 17.9 Å². The van der Waals surface area contributed by atoms with E-state index < -0.39 is 15.9 Å². The van der Waals surface area contributed by atoms with Gasteiger partial charge < -0.3 is 10.1 Å². The number of halogens is 1. The van der Waals surface area contributed by atoms with E-state index in [0.29, 0.717) is 5.02 Å². The fourth-order valence-corrected chi connectivity index (χ4v) is 3.41. The Morgan fingerprint density at radius 2 is 1.88 bits per heavy atom. The second kappa shape index (κ2) is 7.86. The van der Waals surface area contributed by atoms with Crippen molar-refractivity contribution >= 4 is 27.5 Å². The number of benzene rings is 2. The highest BCUT2D eigenvalue weighted by molar-refractivity contribution is 7.89. The number of sulfonamides is 1. The Kier molecular flexibility index (Phi) is 6.05. The summed E-state index contributed by atoms with van der Waals surface area (Å²) in [5.74, 6) is -0.228. The van der Waals surface area contributed by atoms with Gasteiger partial charge in [0, 0.05) is 31.2 Å². The average molecular weight is 383 g/mol. The van der Waals surface area contributed by atoms with Gasteiger partial charge in [0.25, 0.3) is 5.91 Å². The molecule has 0 spiro atoms. The Morgan fingerprint density at radius 1 is 1.20 bits per heavy atom. The largest absolute Gasteiger partial charge is 0.495 e. The van der Waals surface area contributed by atoms with Gasteiger partial charge in [-0.2, -0.15) is 0 Å². The van der Waals surface area contributed by atoms with Gasteiger partial charge in [-0.1, -0.05) is 29.8 Å². The number of carbonyl (C=O) groups is 1. The van der Waals surface area contributed by atoms with E-state index in [9.17, 15) is 13.2 Å². The normalized spacial score (nSPS) is 11.4. The smallest absolute Gasteiger partial charge is 0.251 e. The zero-order valence-corrected chi connectivity index (χ0v) is 15.7. The number of nitrogens with one attached hydrogen (secondary N) is 1. The molecule has 0 radical (unpaired) electrons. The molecule has 8 heteroatoms. The summed E-state index contributed by atoms with van der Waals surface area (Å²) in [6.07, 6.45) is 0. The van der Waals surface area contributed by atoms with Crippen molar-refractivity contribution in [3.63, 3.8) is 0 Å². The number of ether oxygens (including phenoxy) is 1. The molecule has 0 bridgehead atoms. The first-order chi connectivity index (χ1) is 11.8. The number of carbonyl (C=O) groups excluding carboxylic acids is 1. The van der Waals surface area contributed by atoms with E-state index in [0.717, 1.165) is 9.87 Å². The lowest BCUT2D eigenvalue weighted by Gasteiger charge is -2.15. The lowest BCUT2D eigenvalue weighted by atomic mass is 10.2. The van der Waals surface area contributed by atoms with E-state index in [-0.39, 0.29) is 22.8 Å². The molecule has 0 heterocycles. The summed E-state index contributed by atoms with van der Waals surface area (Å²) in [6.45, 7) is 0.236. The summed E-state index contributed by atoms with van der Waals surface area (Å²) in [7, 11) is 0.465. The predicted octanol–water partition coefficient (Wildman–Crippen LogP) is 2.53. The highest BCUT2D eigenvalue weighted by Gasteiger charge is 2.23. The minimum atomic E-state index is -3.74. The van der Waals surface area contributed by atoms with Gasteiger partial charge in [-0.25, -0.2) is 12.7 Å². The van der Waals surface area contributed by atoms with Crippen LogP contribution in [0.3, 0.4) is 0 Å². The van der Waals surface area contributed by atoms with Gasteiger partial charge in [-0.05, 0) is 29.8 Å². The summed E-state index contributed by atoms with van der Waals surface area (Å²) >= 11 is 6.06. The molecule has 1 amide bonds. The third-order valence-corrected chi connectivity index (χ3v) is 5.79. The maximum absolute atomic E-state index is 12.4. The van der Waals surface area contributed by atoms with Gasteiger partial charge in [-0.15, -0.1) is 0 Å².